The van der Waals surface area contributed by atoms with Crippen LogP contribution in [0.2, 0.25) is 0 Å². The first-order valence-corrected chi connectivity index (χ1v) is 10.8. The van der Waals surface area contributed by atoms with E-state index in [1.807, 2.05) is 25.2 Å². The van der Waals surface area contributed by atoms with Crippen LogP contribution in [0.25, 0.3) is 0 Å². The summed E-state index contributed by atoms with van der Waals surface area (Å²) in [5.74, 6) is 4.31. The highest BCUT2D eigenvalue weighted by molar-refractivity contribution is 14.0. The predicted molar refractivity (Wildman–Crippen MR) is 127 cm³/mol. The summed E-state index contributed by atoms with van der Waals surface area (Å²) in [4.78, 5) is 7.16. The number of guanidine groups is 1. The van der Waals surface area contributed by atoms with Crippen LogP contribution in [0.3, 0.4) is 0 Å². The van der Waals surface area contributed by atoms with E-state index in [0.29, 0.717) is 12.1 Å². The van der Waals surface area contributed by atoms with Crippen LogP contribution < -0.4 is 15.4 Å². The van der Waals surface area contributed by atoms with Crippen molar-refractivity contribution in [2.45, 2.75) is 37.8 Å². The quantitative estimate of drug-likeness (QED) is 0.354. The van der Waals surface area contributed by atoms with E-state index in [-0.39, 0.29) is 24.0 Å². The van der Waals surface area contributed by atoms with Crippen LogP contribution >= 0.6 is 35.7 Å². The van der Waals surface area contributed by atoms with E-state index in [0.717, 1.165) is 23.8 Å². The first-order chi connectivity index (χ1) is 12.8. The molecule has 7 heteroatoms. The second kappa shape index (κ2) is 11.4. The number of hydrogen-bond acceptors (Lipinski definition) is 4. The van der Waals surface area contributed by atoms with E-state index in [4.69, 9.17) is 4.74 Å². The maximum Gasteiger partial charge on any atom is 0.191 e. The molecule has 2 N–H and O–H groups in total. The molecule has 5 nitrogen and oxygen atoms in total. The van der Waals surface area contributed by atoms with Crippen LogP contribution in [0, 0.1) is 0 Å². The van der Waals surface area contributed by atoms with Gasteiger partial charge in [-0.15, -0.1) is 24.0 Å². The summed E-state index contributed by atoms with van der Waals surface area (Å²) in [6.07, 6.45) is 5.29. The van der Waals surface area contributed by atoms with Crippen LogP contribution in [0.5, 0.6) is 5.75 Å². The average Bonchev–Trinajstić information content (AvgIpc) is 3.19. The van der Waals surface area contributed by atoms with Gasteiger partial charge in [-0.25, -0.2) is 0 Å². The van der Waals surface area contributed by atoms with E-state index < -0.39 is 0 Å². The lowest BCUT2D eigenvalue weighted by atomic mass is 9.94. The Morgan fingerprint density at radius 1 is 1.19 bits per heavy atom. The van der Waals surface area contributed by atoms with Gasteiger partial charge in [0.15, 0.2) is 5.96 Å². The topological polar surface area (TPSA) is 48.9 Å². The summed E-state index contributed by atoms with van der Waals surface area (Å²) < 4.78 is 5.44. The molecular weight excluding hydrogens is 471 g/mol. The number of para-hydroxylation sites is 1. The van der Waals surface area contributed by atoms with Crippen LogP contribution in [0.4, 0.5) is 0 Å². The van der Waals surface area contributed by atoms with Crippen molar-refractivity contribution in [1.29, 1.82) is 0 Å². The fourth-order valence-corrected chi connectivity index (χ4v) is 5.08. The zero-order valence-electron chi connectivity index (χ0n) is 16.5. The van der Waals surface area contributed by atoms with Gasteiger partial charge in [0.2, 0.25) is 0 Å². The molecule has 2 aliphatic rings. The Balaban J connectivity index is 0.00000261. The maximum atomic E-state index is 5.44. The van der Waals surface area contributed by atoms with E-state index >= 15 is 0 Å². The van der Waals surface area contributed by atoms with E-state index in [1.165, 1.54) is 50.3 Å². The lowest BCUT2D eigenvalue weighted by Crippen LogP contribution is -2.57. The van der Waals surface area contributed by atoms with E-state index in [9.17, 15) is 0 Å². The monoisotopic (exact) mass is 504 g/mol. The summed E-state index contributed by atoms with van der Waals surface area (Å²) >= 11 is 2.08. The van der Waals surface area contributed by atoms with Gasteiger partial charge >= 0.3 is 0 Å². The number of methoxy groups -OCH3 is 1. The zero-order chi connectivity index (χ0) is 18.2. The third kappa shape index (κ3) is 5.90. The second-order valence-corrected chi connectivity index (χ2v) is 8.35. The Labute approximate surface area is 185 Å². The van der Waals surface area contributed by atoms with Crippen molar-refractivity contribution in [2.75, 3.05) is 45.3 Å². The van der Waals surface area contributed by atoms with Crippen molar-refractivity contribution in [3.05, 3.63) is 29.8 Å². The molecule has 152 valence electrons. The lowest BCUT2D eigenvalue weighted by molar-refractivity contribution is 0.107. The molecule has 1 aliphatic carbocycles. The molecule has 0 unspecified atom stereocenters. The number of thioether (sulfide) groups is 1. The molecule has 0 atom stereocenters. The smallest absolute Gasteiger partial charge is 0.191 e. The van der Waals surface area contributed by atoms with Gasteiger partial charge in [-0.05, 0) is 18.9 Å². The fourth-order valence-electron chi connectivity index (χ4n) is 4.17. The molecule has 1 heterocycles. The van der Waals surface area contributed by atoms with Gasteiger partial charge in [-0.3, -0.25) is 9.89 Å². The minimum Gasteiger partial charge on any atom is -0.496 e. The zero-order valence-corrected chi connectivity index (χ0v) is 19.6. The Bertz CT molecular complexity index is 601. The third-order valence-corrected chi connectivity index (χ3v) is 6.61. The van der Waals surface area contributed by atoms with Crippen molar-refractivity contribution < 1.29 is 4.74 Å². The molecule has 1 aliphatic heterocycles. The first-order valence-electron chi connectivity index (χ1n) is 9.67. The van der Waals surface area contributed by atoms with E-state index in [2.05, 4.69) is 38.4 Å². The molecular formula is C20H33IN4OS. The Morgan fingerprint density at radius 3 is 2.56 bits per heavy atom. The van der Waals surface area contributed by atoms with Crippen LogP contribution in [0.15, 0.2) is 29.3 Å². The molecule has 1 saturated carbocycles. The SMILES string of the molecule is CN=C(NCc1ccccc1OC)NCC1(N2CCSCC2)CCCC1.I. The van der Waals surface area contributed by atoms with Crippen molar-refractivity contribution in [1.82, 2.24) is 15.5 Å². The molecule has 0 aromatic heterocycles. The van der Waals surface area contributed by atoms with Crippen molar-refractivity contribution in [2.24, 2.45) is 4.99 Å². The minimum atomic E-state index is 0. The summed E-state index contributed by atoms with van der Waals surface area (Å²) in [7, 11) is 3.56. The van der Waals surface area contributed by atoms with Gasteiger partial charge in [-0.1, -0.05) is 31.0 Å². The van der Waals surface area contributed by atoms with Crippen LogP contribution in [-0.2, 0) is 6.54 Å². The van der Waals surface area contributed by atoms with Crippen molar-refractivity contribution >= 4 is 41.7 Å². The Morgan fingerprint density at radius 2 is 1.89 bits per heavy atom. The standard InChI is InChI=1S/C20H32N4OS.HI/c1-21-19(22-15-17-7-3-4-8-18(17)25-2)23-16-20(9-5-6-10-20)24-11-13-26-14-12-24;/h3-4,7-8H,5-6,9-16H2,1-2H3,(H2,21,22,23);1H. The molecule has 1 aromatic carbocycles. The Hall–Kier alpha value is -0.670. The van der Waals surface area contributed by atoms with Crippen molar-refractivity contribution in [3.8, 4) is 5.75 Å². The maximum absolute atomic E-state index is 5.44. The summed E-state index contributed by atoms with van der Waals surface area (Å²) in [6, 6.07) is 8.12. The number of rotatable bonds is 6. The highest BCUT2D eigenvalue weighted by Gasteiger charge is 2.39. The van der Waals surface area contributed by atoms with Gasteiger partial charge < -0.3 is 15.4 Å². The van der Waals surface area contributed by atoms with Gasteiger partial charge in [-0.2, -0.15) is 11.8 Å². The molecule has 3 rings (SSSR count). The van der Waals surface area contributed by atoms with Crippen LogP contribution in [0.1, 0.15) is 31.2 Å². The summed E-state index contributed by atoms with van der Waals surface area (Å²) in [5.41, 5.74) is 1.45. The summed E-state index contributed by atoms with van der Waals surface area (Å²) in [6.45, 7) is 4.12. The molecule has 27 heavy (non-hydrogen) atoms. The number of hydrogen-bond donors (Lipinski definition) is 2. The van der Waals surface area contributed by atoms with Crippen LogP contribution in [-0.4, -0.2) is 61.7 Å². The minimum absolute atomic E-state index is 0. The molecule has 1 aromatic rings. The normalized spacial score (nSPS) is 20.0. The molecule has 1 saturated heterocycles. The number of benzene rings is 1. The number of aliphatic imine (C=N–C) groups is 1. The molecule has 0 spiro atoms. The Kier molecular flexibility index (Phi) is 9.52. The molecule has 2 fully saturated rings. The molecule has 0 radical (unpaired) electrons. The summed E-state index contributed by atoms with van der Waals surface area (Å²) in [5, 5.41) is 7.05. The number of halogens is 1. The van der Waals surface area contributed by atoms with E-state index in [1.54, 1.807) is 7.11 Å². The highest BCUT2D eigenvalue weighted by Crippen LogP contribution is 2.36. The molecule has 0 amide bonds. The lowest BCUT2D eigenvalue weighted by Gasteiger charge is -2.43. The predicted octanol–water partition coefficient (Wildman–Crippen LogP) is 3.34. The number of nitrogens with zero attached hydrogens (tertiary/aromatic N) is 2. The number of nitrogens with one attached hydrogen (secondary N) is 2. The highest BCUT2D eigenvalue weighted by atomic mass is 127. The number of ether oxygens (including phenoxy) is 1. The third-order valence-electron chi connectivity index (χ3n) is 5.66. The van der Waals surface area contributed by atoms with Gasteiger partial charge in [0.05, 0.1) is 7.11 Å². The average molecular weight is 504 g/mol. The second-order valence-electron chi connectivity index (χ2n) is 7.12. The van der Waals surface area contributed by atoms with Gasteiger partial charge in [0.25, 0.3) is 0 Å². The van der Waals surface area contributed by atoms with Crippen molar-refractivity contribution in [3.63, 3.8) is 0 Å². The first kappa shape index (κ1) is 22.6. The largest absolute Gasteiger partial charge is 0.496 e. The van der Waals surface area contributed by atoms with Gasteiger partial charge in [0.1, 0.15) is 5.75 Å². The van der Waals surface area contributed by atoms with Gasteiger partial charge in [0, 0.05) is 55.8 Å². The fraction of sp³-hybridized carbons (Fsp3) is 0.650. The molecule has 0 bridgehead atoms.